The van der Waals surface area contributed by atoms with Crippen LogP contribution in [-0.2, 0) is 6.54 Å². The van der Waals surface area contributed by atoms with Crippen molar-refractivity contribution in [1.82, 2.24) is 0 Å². The first-order valence-corrected chi connectivity index (χ1v) is 8.30. The minimum Gasteiger partial charge on any atom is -0.457 e. The third kappa shape index (κ3) is 5.47. The summed E-state index contributed by atoms with van der Waals surface area (Å²) in [4.78, 5) is 0. The molecule has 5 N–H and O–H groups in total. The van der Waals surface area contributed by atoms with Gasteiger partial charge in [0.15, 0.2) is 0 Å². The van der Waals surface area contributed by atoms with Crippen molar-refractivity contribution in [3.8, 4) is 17.2 Å². The fourth-order valence-corrected chi connectivity index (χ4v) is 2.48. The van der Waals surface area contributed by atoms with Gasteiger partial charge in [0.2, 0.25) is 0 Å². The van der Waals surface area contributed by atoms with Crippen LogP contribution in [0.4, 0.5) is 30.2 Å². The second-order valence-electron chi connectivity index (χ2n) is 5.97. The number of nitrogens with two attached hydrogens (primary N) is 2. The van der Waals surface area contributed by atoms with E-state index in [4.69, 9.17) is 16.2 Å². The predicted molar refractivity (Wildman–Crippen MR) is 102 cm³/mol. The average molecular weight is 389 g/mol. The summed E-state index contributed by atoms with van der Waals surface area (Å²) in [7, 11) is 0. The van der Waals surface area contributed by atoms with Crippen LogP contribution in [-0.4, -0.2) is 6.36 Å². The molecule has 0 bridgehead atoms. The minimum atomic E-state index is -4.72. The van der Waals surface area contributed by atoms with Gasteiger partial charge in [0, 0.05) is 24.4 Å². The fourth-order valence-electron chi connectivity index (χ4n) is 2.48. The molecule has 3 rings (SSSR count). The Kier molecular flexibility index (Phi) is 5.49. The second kappa shape index (κ2) is 7.99. The van der Waals surface area contributed by atoms with Gasteiger partial charge >= 0.3 is 6.36 Å². The molecule has 5 nitrogen and oxygen atoms in total. The van der Waals surface area contributed by atoms with E-state index in [1.807, 2.05) is 6.07 Å². The highest BCUT2D eigenvalue weighted by Gasteiger charge is 2.31. The highest BCUT2D eigenvalue weighted by Crippen LogP contribution is 2.28. The molecule has 0 spiro atoms. The Morgan fingerprint density at radius 1 is 0.786 bits per heavy atom. The molecule has 0 unspecified atom stereocenters. The van der Waals surface area contributed by atoms with Crippen molar-refractivity contribution < 1.29 is 22.6 Å². The number of alkyl halides is 3. The number of benzene rings is 3. The monoisotopic (exact) mass is 389 g/mol. The first kappa shape index (κ1) is 19.2. The Bertz CT molecular complexity index is 961. The molecule has 0 radical (unpaired) electrons. The van der Waals surface area contributed by atoms with Crippen LogP contribution in [0.2, 0.25) is 0 Å². The zero-order chi connectivity index (χ0) is 20.1. The predicted octanol–water partition coefficient (Wildman–Crippen LogP) is 5.15. The molecule has 0 amide bonds. The first-order chi connectivity index (χ1) is 13.3. The number of halogens is 3. The number of hydrogen-bond donors (Lipinski definition) is 3. The fraction of sp³-hybridized carbons (Fsp3) is 0.100. The third-order valence-electron chi connectivity index (χ3n) is 3.76. The van der Waals surface area contributed by atoms with Crippen molar-refractivity contribution in [2.24, 2.45) is 0 Å². The van der Waals surface area contributed by atoms with E-state index < -0.39 is 6.36 Å². The molecule has 0 atom stereocenters. The summed E-state index contributed by atoms with van der Waals surface area (Å²) in [6, 6.07) is 17.9. The van der Waals surface area contributed by atoms with Crippen LogP contribution >= 0.6 is 0 Å². The molecule has 0 aliphatic heterocycles. The van der Waals surface area contributed by atoms with Crippen molar-refractivity contribution in [2.45, 2.75) is 12.9 Å². The van der Waals surface area contributed by atoms with Crippen molar-refractivity contribution in [2.75, 3.05) is 16.8 Å². The molecule has 0 aliphatic rings. The van der Waals surface area contributed by atoms with Gasteiger partial charge in [-0.05, 0) is 42.0 Å². The largest absolute Gasteiger partial charge is 0.573 e. The van der Waals surface area contributed by atoms with E-state index in [0.29, 0.717) is 35.0 Å². The summed E-state index contributed by atoms with van der Waals surface area (Å²) < 4.78 is 46.7. The van der Waals surface area contributed by atoms with Gasteiger partial charge in [-0.2, -0.15) is 0 Å². The maximum atomic E-state index is 12.3. The maximum Gasteiger partial charge on any atom is 0.573 e. The van der Waals surface area contributed by atoms with Gasteiger partial charge in [-0.15, -0.1) is 13.2 Å². The van der Waals surface area contributed by atoms with Crippen LogP contribution in [0.5, 0.6) is 17.2 Å². The lowest BCUT2D eigenvalue weighted by molar-refractivity contribution is -0.274. The van der Waals surface area contributed by atoms with Gasteiger partial charge in [0.1, 0.15) is 17.2 Å². The van der Waals surface area contributed by atoms with Crippen LogP contribution in [0.3, 0.4) is 0 Å². The Hall–Kier alpha value is -3.55. The zero-order valence-corrected chi connectivity index (χ0v) is 14.7. The summed E-state index contributed by atoms with van der Waals surface area (Å²) in [6.07, 6.45) is -4.72. The lowest BCUT2D eigenvalue weighted by Gasteiger charge is -2.12. The molecule has 8 heteroatoms. The number of hydrogen-bond acceptors (Lipinski definition) is 5. The zero-order valence-electron chi connectivity index (χ0n) is 14.7. The average Bonchev–Trinajstić information content (AvgIpc) is 2.62. The van der Waals surface area contributed by atoms with E-state index in [-0.39, 0.29) is 5.75 Å². The summed E-state index contributed by atoms with van der Waals surface area (Å²) >= 11 is 0. The first-order valence-electron chi connectivity index (χ1n) is 8.30. The highest BCUT2D eigenvalue weighted by atomic mass is 19.4. The van der Waals surface area contributed by atoms with E-state index in [9.17, 15) is 13.2 Å². The van der Waals surface area contributed by atoms with Crippen LogP contribution in [0.1, 0.15) is 5.56 Å². The third-order valence-corrected chi connectivity index (χ3v) is 3.76. The summed E-state index contributed by atoms with van der Waals surface area (Å²) in [5.74, 6) is 0.856. The molecule has 28 heavy (non-hydrogen) atoms. The van der Waals surface area contributed by atoms with Crippen molar-refractivity contribution in [3.63, 3.8) is 0 Å². The molecule has 0 fully saturated rings. The van der Waals surface area contributed by atoms with Gasteiger partial charge in [-0.25, -0.2) is 0 Å². The number of anilines is 3. The van der Waals surface area contributed by atoms with Crippen molar-refractivity contribution >= 4 is 17.1 Å². The maximum absolute atomic E-state index is 12.3. The molecule has 3 aromatic carbocycles. The summed E-state index contributed by atoms with van der Waals surface area (Å²) in [5, 5.41) is 3.14. The molecule has 0 saturated carbocycles. The molecular formula is C20H18F3N3O2. The topological polar surface area (TPSA) is 82.5 Å². The summed E-state index contributed by atoms with van der Waals surface area (Å²) in [6.45, 7) is 0.313. The quantitative estimate of drug-likeness (QED) is 0.508. The van der Waals surface area contributed by atoms with Crippen LogP contribution in [0, 0.1) is 0 Å². The standard InChI is InChI=1S/C20H18F3N3O2/c21-20(22,23)28-17-6-1-3-13(9-17)12-26-14-4-2-5-15(10-14)27-16-7-8-18(24)19(25)11-16/h1-11,26H,12,24-25H2. The Labute approximate surface area is 159 Å². The van der Waals surface area contributed by atoms with Crippen LogP contribution < -0.4 is 26.3 Å². The van der Waals surface area contributed by atoms with Gasteiger partial charge in [0.25, 0.3) is 0 Å². The Balaban J connectivity index is 1.65. The van der Waals surface area contributed by atoms with E-state index >= 15 is 0 Å². The Morgan fingerprint density at radius 3 is 2.25 bits per heavy atom. The molecule has 3 aromatic rings. The summed E-state index contributed by atoms with van der Waals surface area (Å²) in [5.41, 5.74) is 13.7. The number of rotatable bonds is 6. The van der Waals surface area contributed by atoms with Gasteiger partial charge in [0.05, 0.1) is 11.4 Å². The Morgan fingerprint density at radius 2 is 1.50 bits per heavy atom. The van der Waals surface area contributed by atoms with Gasteiger partial charge in [-0.3, -0.25) is 0 Å². The second-order valence-corrected chi connectivity index (χ2v) is 5.97. The van der Waals surface area contributed by atoms with Crippen molar-refractivity contribution in [1.29, 1.82) is 0 Å². The molecular weight excluding hydrogens is 371 g/mol. The molecule has 0 aliphatic carbocycles. The van der Waals surface area contributed by atoms with Crippen LogP contribution in [0.15, 0.2) is 66.7 Å². The number of nitrogens with one attached hydrogen (secondary N) is 1. The number of ether oxygens (including phenoxy) is 2. The van der Waals surface area contributed by atoms with E-state index in [0.717, 1.165) is 5.69 Å². The van der Waals surface area contributed by atoms with Crippen molar-refractivity contribution in [3.05, 3.63) is 72.3 Å². The van der Waals surface area contributed by atoms with E-state index in [1.165, 1.54) is 18.2 Å². The molecule has 0 saturated heterocycles. The highest BCUT2D eigenvalue weighted by molar-refractivity contribution is 5.65. The van der Waals surface area contributed by atoms with Gasteiger partial charge < -0.3 is 26.3 Å². The lowest BCUT2D eigenvalue weighted by atomic mass is 10.2. The molecule has 0 aromatic heterocycles. The van der Waals surface area contributed by atoms with E-state index in [1.54, 1.807) is 42.5 Å². The SMILES string of the molecule is Nc1ccc(Oc2cccc(NCc3cccc(OC(F)(F)F)c3)c2)cc1N. The van der Waals surface area contributed by atoms with Crippen LogP contribution in [0.25, 0.3) is 0 Å². The molecule has 146 valence electrons. The number of nitrogen functional groups attached to an aromatic ring is 2. The smallest absolute Gasteiger partial charge is 0.457 e. The lowest BCUT2D eigenvalue weighted by Crippen LogP contribution is -2.17. The minimum absolute atomic E-state index is 0.259. The van der Waals surface area contributed by atoms with E-state index in [2.05, 4.69) is 10.1 Å². The normalized spacial score (nSPS) is 11.1. The molecule has 0 heterocycles. The van der Waals surface area contributed by atoms with Gasteiger partial charge in [-0.1, -0.05) is 18.2 Å².